The van der Waals surface area contributed by atoms with E-state index in [0.717, 1.165) is 50.4 Å². The lowest BCUT2D eigenvalue weighted by molar-refractivity contribution is -0.132. The fourth-order valence-corrected chi connectivity index (χ4v) is 2.66. The molecule has 2 aliphatic rings. The molecule has 0 bridgehead atoms. The van der Waals surface area contributed by atoms with Crippen LogP contribution in [0.5, 0.6) is 0 Å². The highest BCUT2D eigenvalue weighted by Crippen LogP contribution is 2.31. The minimum absolute atomic E-state index is 0.0648. The van der Waals surface area contributed by atoms with Gasteiger partial charge in [0.1, 0.15) is 0 Å². The van der Waals surface area contributed by atoms with Gasteiger partial charge in [-0.25, -0.2) is 4.99 Å². The third-order valence-corrected chi connectivity index (χ3v) is 3.99. The Hall–Kier alpha value is -2.24. The molecule has 1 heterocycles. The summed E-state index contributed by atoms with van der Waals surface area (Å²) in [6, 6.07) is 7.83. The molecule has 4 N–H and O–H groups in total. The van der Waals surface area contributed by atoms with Gasteiger partial charge in [-0.2, -0.15) is 0 Å². The number of rotatable bonds is 3. The van der Waals surface area contributed by atoms with Crippen LogP contribution in [0.15, 0.2) is 29.3 Å². The molecule has 3 rings (SSSR count). The van der Waals surface area contributed by atoms with Gasteiger partial charge in [0.05, 0.1) is 5.69 Å². The Morgan fingerprint density at radius 3 is 2.19 bits per heavy atom. The number of carbonyl (C=O) groups is 1. The summed E-state index contributed by atoms with van der Waals surface area (Å²) in [5.74, 6) is 0.725. The van der Waals surface area contributed by atoms with Crippen molar-refractivity contribution < 1.29 is 4.79 Å². The molecular formula is C15H21N5O. The van der Waals surface area contributed by atoms with E-state index in [4.69, 9.17) is 11.5 Å². The van der Waals surface area contributed by atoms with Crippen LogP contribution in [-0.2, 0) is 4.79 Å². The van der Waals surface area contributed by atoms with Crippen LogP contribution in [-0.4, -0.2) is 42.9 Å². The van der Waals surface area contributed by atoms with E-state index in [1.54, 1.807) is 0 Å². The summed E-state index contributed by atoms with van der Waals surface area (Å²) in [6.45, 7) is 3.37. The molecule has 1 amide bonds. The van der Waals surface area contributed by atoms with Crippen LogP contribution in [0.3, 0.4) is 0 Å². The number of carbonyl (C=O) groups excluding carboxylic acids is 1. The Morgan fingerprint density at radius 1 is 1.05 bits per heavy atom. The summed E-state index contributed by atoms with van der Waals surface area (Å²) >= 11 is 0. The third-order valence-electron chi connectivity index (χ3n) is 3.99. The van der Waals surface area contributed by atoms with E-state index in [2.05, 4.69) is 9.89 Å². The van der Waals surface area contributed by atoms with Gasteiger partial charge < -0.3 is 21.3 Å². The predicted molar refractivity (Wildman–Crippen MR) is 83.4 cm³/mol. The van der Waals surface area contributed by atoms with E-state index in [1.807, 2.05) is 29.2 Å². The maximum atomic E-state index is 12.0. The summed E-state index contributed by atoms with van der Waals surface area (Å²) in [5.41, 5.74) is 12.6. The fraction of sp³-hybridized carbons (Fsp3) is 0.467. The van der Waals surface area contributed by atoms with Gasteiger partial charge in [-0.15, -0.1) is 0 Å². The molecular weight excluding hydrogens is 266 g/mol. The Labute approximate surface area is 124 Å². The number of aliphatic imine (C=N–C) groups is 1. The number of amides is 1. The number of hydrogen-bond donors (Lipinski definition) is 2. The number of hydrogen-bond acceptors (Lipinski definition) is 3. The molecule has 2 fully saturated rings. The molecule has 1 saturated carbocycles. The van der Waals surface area contributed by atoms with Crippen LogP contribution < -0.4 is 16.4 Å². The largest absolute Gasteiger partial charge is 0.370 e. The highest BCUT2D eigenvalue weighted by molar-refractivity contribution is 5.81. The molecule has 6 heteroatoms. The smallest absolute Gasteiger partial charge is 0.225 e. The molecule has 112 valence electrons. The summed E-state index contributed by atoms with van der Waals surface area (Å²) in [4.78, 5) is 20.3. The molecule has 6 nitrogen and oxygen atoms in total. The van der Waals surface area contributed by atoms with Crippen molar-refractivity contribution in [3.8, 4) is 0 Å². The number of nitrogens with zero attached hydrogens (tertiary/aromatic N) is 3. The first kappa shape index (κ1) is 13.7. The molecule has 0 aromatic heterocycles. The van der Waals surface area contributed by atoms with Crippen LogP contribution in [0.1, 0.15) is 12.8 Å². The van der Waals surface area contributed by atoms with Crippen molar-refractivity contribution in [3.63, 3.8) is 0 Å². The first-order valence-electron chi connectivity index (χ1n) is 7.37. The van der Waals surface area contributed by atoms with E-state index < -0.39 is 0 Å². The predicted octanol–water partition coefficient (Wildman–Crippen LogP) is 0.650. The van der Waals surface area contributed by atoms with Gasteiger partial charge in [0.2, 0.25) is 5.91 Å². The van der Waals surface area contributed by atoms with E-state index in [1.165, 1.54) is 0 Å². The topological polar surface area (TPSA) is 87.9 Å². The van der Waals surface area contributed by atoms with E-state index in [9.17, 15) is 4.79 Å². The van der Waals surface area contributed by atoms with Crippen molar-refractivity contribution in [3.05, 3.63) is 24.3 Å². The average Bonchev–Trinajstić information content (AvgIpc) is 3.32. The van der Waals surface area contributed by atoms with E-state index >= 15 is 0 Å². The van der Waals surface area contributed by atoms with Crippen LogP contribution in [0.2, 0.25) is 0 Å². The molecule has 1 saturated heterocycles. The van der Waals surface area contributed by atoms with Crippen molar-refractivity contribution in [2.45, 2.75) is 12.8 Å². The van der Waals surface area contributed by atoms with Crippen molar-refractivity contribution in [1.29, 1.82) is 0 Å². The second kappa shape index (κ2) is 5.63. The number of piperazine rings is 1. The zero-order valence-electron chi connectivity index (χ0n) is 12.0. The summed E-state index contributed by atoms with van der Waals surface area (Å²) < 4.78 is 0. The zero-order chi connectivity index (χ0) is 14.8. The first-order chi connectivity index (χ1) is 10.1. The maximum absolute atomic E-state index is 12.0. The number of anilines is 1. The first-order valence-corrected chi connectivity index (χ1v) is 7.37. The summed E-state index contributed by atoms with van der Waals surface area (Å²) in [6.07, 6.45) is 2.15. The summed E-state index contributed by atoms with van der Waals surface area (Å²) in [5, 5.41) is 0. The molecule has 1 aromatic carbocycles. The molecule has 1 aliphatic heterocycles. The molecule has 21 heavy (non-hydrogen) atoms. The van der Waals surface area contributed by atoms with Crippen molar-refractivity contribution in [2.24, 2.45) is 22.4 Å². The lowest BCUT2D eigenvalue weighted by Crippen LogP contribution is -2.49. The zero-order valence-corrected chi connectivity index (χ0v) is 12.0. The van der Waals surface area contributed by atoms with Gasteiger partial charge in [0.15, 0.2) is 5.96 Å². The minimum atomic E-state index is 0.0648. The number of nitrogens with two attached hydrogens (primary N) is 2. The highest BCUT2D eigenvalue weighted by Gasteiger charge is 2.34. The van der Waals surface area contributed by atoms with Gasteiger partial charge in [-0.3, -0.25) is 4.79 Å². The van der Waals surface area contributed by atoms with Gasteiger partial charge in [-0.1, -0.05) is 0 Å². The molecule has 1 aromatic rings. The molecule has 0 radical (unpaired) electrons. The van der Waals surface area contributed by atoms with Gasteiger partial charge in [0.25, 0.3) is 0 Å². The van der Waals surface area contributed by atoms with Gasteiger partial charge >= 0.3 is 0 Å². The fourth-order valence-electron chi connectivity index (χ4n) is 2.66. The quantitative estimate of drug-likeness (QED) is 0.631. The highest BCUT2D eigenvalue weighted by atomic mass is 16.2. The normalized spacial score (nSPS) is 18.5. The van der Waals surface area contributed by atoms with Crippen LogP contribution in [0.25, 0.3) is 0 Å². The second-order valence-corrected chi connectivity index (χ2v) is 5.64. The van der Waals surface area contributed by atoms with Crippen molar-refractivity contribution >= 4 is 23.2 Å². The van der Waals surface area contributed by atoms with Gasteiger partial charge in [0, 0.05) is 37.8 Å². The monoisotopic (exact) mass is 287 g/mol. The SMILES string of the molecule is NC(N)=Nc1ccc(N2CCN(C(=O)C3CC3)CC2)cc1. The van der Waals surface area contributed by atoms with E-state index in [0.29, 0.717) is 11.8 Å². The maximum Gasteiger partial charge on any atom is 0.225 e. The second-order valence-electron chi connectivity index (χ2n) is 5.64. The average molecular weight is 287 g/mol. The Morgan fingerprint density at radius 2 is 1.67 bits per heavy atom. The lowest BCUT2D eigenvalue weighted by Gasteiger charge is -2.36. The lowest BCUT2D eigenvalue weighted by atomic mass is 10.2. The van der Waals surface area contributed by atoms with E-state index in [-0.39, 0.29) is 5.96 Å². The molecule has 0 atom stereocenters. The molecule has 0 spiro atoms. The van der Waals surface area contributed by atoms with Crippen LogP contribution in [0, 0.1) is 5.92 Å². The minimum Gasteiger partial charge on any atom is -0.370 e. The molecule has 1 aliphatic carbocycles. The van der Waals surface area contributed by atoms with Gasteiger partial charge in [-0.05, 0) is 37.1 Å². The van der Waals surface area contributed by atoms with Crippen molar-refractivity contribution in [1.82, 2.24) is 4.90 Å². The third kappa shape index (κ3) is 3.26. The van der Waals surface area contributed by atoms with Crippen LogP contribution >= 0.6 is 0 Å². The Balaban J connectivity index is 1.58. The number of guanidine groups is 1. The standard InChI is InChI=1S/C15H21N5O/c16-15(17)18-12-3-5-13(6-4-12)19-7-9-20(10-8-19)14(21)11-1-2-11/h3-6,11H,1-2,7-10H2,(H4,16,17,18). The molecule has 0 unspecified atom stereocenters. The summed E-state index contributed by atoms with van der Waals surface area (Å²) in [7, 11) is 0. The Kier molecular flexibility index (Phi) is 3.68. The van der Waals surface area contributed by atoms with Crippen LogP contribution in [0.4, 0.5) is 11.4 Å². The van der Waals surface area contributed by atoms with Crippen molar-refractivity contribution in [2.75, 3.05) is 31.1 Å². The Bertz CT molecular complexity index is 538. The number of benzene rings is 1.